The molecule has 0 bridgehead atoms. The largest absolute Gasteiger partial charge is 0.478 e. The van der Waals surface area contributed by atoms with Crippen LogP contribution < -0.4 is 11.1 Å². The summed E-state index contributed by atoms with van der Waals surface area (Å²) in [6, 6.07) is 0.364. The van der Waals surface area contributed by atoms with Crippen LogP contribution in [-0.4, -0.2) is 29.6 Å². The second-order valence-corrected chi connectivity index (χ2v) is 4.55. The number of carbonyl (C=O) groups excluding carboxylic acids is 1. The van der Waals surface area contributed by atoms with Gasteiger partial charge < -0.3 is 16.2 Å². The third-order valence-corrected chi connectivity index (χ3v) is 3.28. The molecule has 0 radical (unpaired) electrons. The van der Waals surface area contributed by atoms with E-state index in [0.29, 0.717) is 18.2 Å². The van der Waals surface area contributed by atoms with E-state index in [2.05, 4.69) is 5.32 Å². The van der Waals surface area contributed by atoms with Crippen molar-refractivity contribution in [3.05, 3.63) is 11.6 Å². The van der Waals surface area contributed by atoms with E-state index in [-0.39, 0.29) is 11.8 Å². The van der Waals surface area contributed by atoms with Crippen LogP contribution in [0, 0.1) is 5.92 Å². The van der Waals surface area contributed by atoms with Gasteiger partial charge in [-0.2, -0.15) is 0 Å². The fourth-order valence-electron chi connectivity index (χ4n) is 2.05. The monoisotopic (exact) mass is 240 g/mol. The van der Waals surface area contributed by atoms with Gasteiger partial charge in [-0.1, -0.05) is 6.08 Å². The van der Waals surface area contributed by atoms with E-state index in [0.717, 1.165) is 25.7 Å². The summed E-state index contributed by atoms with van der Waals surface area (Å²) >= 11 is 0. The molecule has 1 rings (SSSR count). The molecule has 0 aromatic rings. The second-order valence-electron chi connectivity index (χ2n) is 4.55. The normalized spacial score (nSPS) is 25.6. The lowest BCUT2D eigenvalue weighted by Gasteiger charge is -2.27. The van der Waals surface area contributed by atoms with E-state index in [1.54, 1.807) is 13.0 Å². The Hall–Kier alpha value is -1.36. The van der Waals surface area contributed by atoms with Crippen molar-refractivity contribution in [2.75, 3.05) is 6.54 Å². The summed E-state index contributed by atoms with van der Waals surface area (Å²) < 4.78 is 0. The summed E-state index contributed by atoms with van der Waals surface area (Å²) in [5.41, 5.74) is 5.60. The van der Waals surface area contributed by atoms with Crippen molar-refractivity contribution in [1.82, 2.24) is 5.32 Å². The highest BCUT2D eigenvalue weighted by Crippen LogP contribution is 2.23. The van der Waals surface area contributed by atoms with Gasteiger partial charge in [-0.3, -0.25) is 4.79 Å². The highest BCUT2D eigenvalue weighted by Gasteiger charge is 2.23. The van der Waals surface area contributed by atoms with Crippen LogP contribution in [0.25, 0.3) is 0 Å². The molecule has 4 N–H and O–H groups in total. The minimum Gasteiger partial charge on any atom is -0.478 e. The summed E-state index contributed by atoms with van der Waals surface area (Å²) in [7, 11) is 0. The number of carbonyl (C=O) groups is 2. The standard InChI is InChI=1S/C12H20N2O3/c1-8(12(16)17)6-7-14-10-4-2-9(3-5-10)11(13)15/h6,9-10,14H,2-5,7H2,1H3,(H2,13,15)(H,16,17). The molecule has 1 aliphatic carbocycles. The van der Waals surface area contributed by atoms with Gasteiger partial charge in [0, 0.05) is 24.1 Å². The molecule has 0 heterocycles. The van der Waals surface area contributed by atoms with Crippen LogP contribution in [0.5, 0.6) is 0 Å². The smallest absolute Gasteiger partial charge is 0.330 e. The number of aliphatic carboxylic acids is 1. The molecule has 0 unspecified atom stereocenters. The highest BCUT2D eigenvalue weighted by molar-refractivity contribution is 5.85. The van der Waals surface area contributed by atoms with Crippen molar-refractivity contribution >= 4 is 11.9 Å². The van der Waals surface area contributed by atoms with Gasteiger partial charge in [0.1, 0.15) is 0 Å². The highest BCUT2D eigenvalue weighted by atomic mass is 16.4. The molecule has 1 amide bonds. The number of hydrogen-bond acceptors (Lipinski definition) is 3. The van der Waals surface area contributed by atoms with Crippen molar-refractivity contribution in [2.24, 2.45) is 11.7 Å². The molecule has 5 heteroatoms. The Bertz CT molecular complexity index is 318. The van der Waals surface area contributed by atoms with Crippen molar-refractivity contribution in [2.45, 2.75) is 38.6 Å². The molecule has 0 aromatic heterocycles. The van der Waals surface area contributed by atoms with Crippen molar-refractivity contribution in [1.29, 1.82) is 0 Å². The van der Waals surface area contributed by atoms with E-state index in [1.807, 2.05) is 0 Å². The van der Waals surface area contributed by atoms with E-state index in [4.69, 9.17) is 10.8 Å². The number of nitrogens with two attached hydrogens (primary N) is 1. The molecule has 1 aliphatic rings. The van der Waals surface area contributed by atoms with Crippen LogP contribution in [0.2, 0.25) is 0 Å². The summed E-state index contributed by atoms with van der Waals surface area (Å²) in [5, 5.41) is 11.9. The molecule has 0 spiro atoms. The van der Waals surface area contributed by atoms with E-state index in [1.165, 1.54) is 0 Å². The average molecular weight is 240 g/mol. The van der Waals surface area contributed by atoms with Crippen LogP contribution in [0.4, 0.5) is 0 Å². The van der Waals surface area contributed by atoms with Crippen molar-refractivity contribution < 1.29 is 14.7 Å². The Morgan fingerprint density at radius 3 is 2.41 bits per heavy atom. The molecule has 5 nitrogen and oxygen atoms in total. The average Bonchev–Trinajstić information content (AvgIpc) is 2.29. The fourth-order valence-corrected chi connectivity index (χ4v) is 2.05. The van der Waals surface area contributed by atoms with Gasteiger partial charge in [0.25, 0.3) is 0 Å². The zero-order valence-corrected chi connectivity index (χ0v) is 10.1. The first-order valence-electron chi connectivity index (χ1n) is 5.93. The third kappa shape index (κ3) is 4.56. The molecule has 96 valence electrons. The van der Waals surface area contributed by atoms with Gasteiger partial charge in [0.05, 0.1) is 0 Å². The van der Waals surface area contributed by atoms with Crippen LogP contribution in [0.15, 0.2) is 11.6 Å². The molecule has 1 fully saturated rings. The SMILES string of the molecule is CC(=CCNC1CCC(C(N)=O)CC1)C(=O)O. The fraction of sp³-hybridized carbons (Fsp3) is 0.667. The van der Waals surface area contributed by atoms with Crippen LogP contribution >= 0.6 is 0 Å². The Morgan fingerprint density at radius 2 is 1.94 bits per heavy atom. The van der Waals surface area contributed by atoms with Crippen LogP contribution in [0.3, 0.4) is 0 Å². The molecule has 0 saturated heterocycles. The summed E-state index contributed by atoms with van der Waals surface area (Å²) in [5.74, 6) is -1.07. The van der Waals surface area contributed by atoms with Gasteiger partial charge >= 0.3 is 5.97 Å². The first-order chi connectivity index (χ1) is 8.00. The predicted octanol–water partition coefficient (Wildman–Crippen LogP) is 0.651. The van der Waals surface area contributed by atoms with Crippen LogP contribution in [-0.2, 0) is 9.59 Å². The second kappa shape index (κ2) is 6.39. The quantitative estimate of drug-likeness (QED) is 0.615. The Balaban J connectivity index is 2.25. The first-order valence-corrected chi connectivity index (χ1v) is 5.93. The number of carboxylic acid groups (broad SMARTS) is 1. The third-order valence-electron chi connectivity index (χ3n) is 3.28. The molecule has 17 heavy (non-hydrogen) atoms. The predicted molar refractivity (Wildman–Crippen MR) is 64.3 cm³/mol. The maximum atomic E-state index is 11.0. The maximum absolute atomic E-state index is 11.0. The van der Waals surface area contributed by atoms with Gasteiger partial charge in [0.2, 0.25) is 5.91 Å². The zero-order chi connectivity index (χ0) is 12.8. The zero-order valence-electron chi connectivity index (χ0n) is 10.1. The Labute approximate surface area is 101 Å². The van der Waals surface area contributed by atoms with Crippen LogP contribution in [0.1, 0.15) is 32.6 Å². The number of carboxylic acids is 1. The van der Waals surface area contributed by atoms with E-state index < -0.39 is 5.97 Å². The number of hydrogen-bond donors (Lipinski definition) is 3. The van der Waals surface area contributed by atoms with E-state index >= 15 is 0 Å². The summed E-state index contributed by atoms with van der Waals surface area (Å²) in [4.78, 5) is 21.5. The molecule has 0 aromatic carbocycles. The minimum absolute atomic E-state index is 0.0179. The summed E-state index contributed by atoms with van der Waals surface area (Å²) in [6.45, 7) is 2.14. The lowest BCUT2D eigenvalue weighted by molar-refractivity contribution is -0.132. The van der Waals surface area contributed by atoms with Gasteiger partial charge in [-0.25, -0.2) is 4.79 Å². The first kappa shape index (κ1) is 13.7. The lowest BCUT2D eigenvalue weighted by atomic mass is 9.85. The summed E-state index contributed by atoms with van der Waals surface area (Å²) in [6.07, 6.45) is 5.17. The van der Waals surface area contributed by atoms with Gasteiger partial charge in [-0.05, 0) is 32.6 Å². The lowest BCUT2D eigenvalue weighted by Crippen LogP contribution is -2.36. The molecule has 0 atom stereocenters. The maximum Gasteiger partial charge on any atom is 0.330 e. The van der Waals surface area contributed by atoms with Gasteiger partial charge in [-0.15, -0.1) is 0 Å². The minimum atomic E-state index is -0.885. The number of primary amides is 1. The number of amides is 1. The van der Waals surface area contributed by atoms with Crippen molar-refractivity contribution in [3.63, 3.8) is 0 Å². The molecule has 1 saturated carbocycles. The molecular formula is C12H20N2O3. The molecule has 0 aliphatic heterocycles. The molecular weight excluding hydrogens is 220 g/mol. The van der Waals surface area contributed by atoms with Crippen molar-refractivity contribution in [3.8, 4) is 0 Å². The Morgan fingerprint density at radius 1 is 1.35 bits per heavy atom. The number of rotatable bonds is 5. The number of nitrogens with one attached hydrogen (secondary N) is 1. The van der Waals surface area contributed by atoms with Gasteiger partial charge in [0.15, 0.2) is 0 Å². The topological polar surface area (TPSA) is 92.4 Å². The van der Waals surface area contributed by atoms with E-state index in [9.17, 15) is 9.59 Å². The Kier molecular flexibility index (Phi) is 5.15.